The summed E-state index contributed by atoms with van der Waals surface area (Å²) in [5, 5.41) is 37.0. The summed E-state index contributed by atoms with van der Waals surface area (Å²) in [6.45, 7) is 5.52. The van der Waals surface area contributed by atoms with E-state index in [1.54, 1.807) is 0 Å². The number of carboxylic acids is 3. The third kappa shape index (κ3) is 10.0. The molecule has 0 aromatic carbocycles. The number of pyridine rings is 1. The monoisotopic (exact) mass is 531 g/mol. The molecule has 3 aromatic heterocycles. The standard InChI is InChI=1S/C19H25N5O.C6H8O7/c1-16-6-7-18(25-16)14-24(11-4-10-23-12-9-21-15-23)13-17-5-3-8-22-19(17)20-2;7-3(8)1-6(13,5(11)12)2-4(9)10/h3,5-9,12,15H,4,10-11,13-14H2,1-2H3,(H,20,22);13H,1-2H2,(H,7,8)(H,9,10)(H,11,12). The molecule has 0 aliphatic heterocycles. The van der Waals surface area contributed by atoms with Crippen LogP contribution in [0.5, 0.6) is 0 Å². The second kappa shape index (κ2) is 14.5. The molecule has 0 aliphatic rings. The highest BCUT2D eigenvalue weighted by atomic mass is 16.4. The van der Waals surface area contributed by atoms with Gasteiger partial charge in [0.2, 0.25) is 0 Å². The maximum atomic E-state index is 10.3. The Labute approximate surface area is 219 Å². The van der Waals surface area contributed by atoms with Gasteiger partial charge < -0.3 is 34.7 Å². The molecular formula is C25H33N5O8. The number of imidazole rings is 1. The van der Waals surface area contributed by atoms with Gasteiger partial charge in [-0.15, -0.1) is 0 Å². The SMILES string of the molecule is CNc1ncccc1CN(CCCn1ccnc1)Cc1ccc(C)o1.O=C(O)CC(O)(CC(=O)O)C(=O)O. The van der Waals surface area contributed by atoms with E-state index in [1.165, 1.54) is 5.56 Å². The van der Waals surface area contributed by atoms with E-state index in [0.717, 1.165) is 49.9 Å². The Morgan fingerprint density at radius 1 is 1.08 bits per heavy atom. The molecule has 206 valence electrons. The van der Waals surface area contributed by atoms with Crippen LogP contribution in [-0.4, -0.2) is 77.0 Å². The molecule has 0 saturated carbocycles. The number of aryl methyl sites for hydroxylation is 2. The van der Waals surface area contributed by atoms with Gasteiger partial charge in [-0.3, -0.25) is 14.5 Å². The molecule has 13 nitrogen and oxygen atoms in total. The van der Waals surface area contributed by atoms with Crippen LogP contribution in [-0.2, 0) is 34.0 Å². The van der Waals surface area contributed by atoms with Gasteiger partial charge in [0.25, 0.3) is 0 Å². The molecule has 0 spiro atoms. The van der Waals surface area contributed by atoms with Gasteiger partial charge in [0, 0.05) is 50.8 Å². The zero-order valence-electron chi connectivity index (χ0n) is 21.3. The van der Waals surface area contributed by atoms with Crippen molar-refractivity contribution in [2.45, 2.75) is 51.4 Å². The quantitative estimate of drug-likeness (QED) is 0.204. The maximum absolute atomic E-state index is 10.3. The van der Waals surface area contributed by atoms with E-state index >= 15 is 0 Å². The summed E-state index contributed by atoms with van der Waals surface area (Å²) in [6, 6.07) is 8.18. The Balaban J connectivity index is 0.000000332. The summed E-state index contributed by atoms with van der Waals surface area (Å²) in [5.74, 6) is -2.15. The molecule has 0 atom stereocenters. The van der Waals surface area contributed by atoms with E-state index in [2.05, 4.69) is 36.9 Å². The minimum atomic E-state index is -2.74. The van der Waals surface area contributed by atoms with Crippen molar-refractivity contribution in [1.29, 1.82) is 0 Å². The first-order chi connectivity index (χ1) is 18.0. The topological polar surface area (TPSA) is 191 Å². The summed E-state index contributed by atoms with van der Waals surface area (Å²) in [4.78, 5) is 41.4. The average Bonchev–Trinajstić information content (AvgIpc) is 3.50. The van der Waals surface area contributed by atoms with Crippen LogP contribution >= 0.6 is 0 Å². The van der Waals surface area contributed by atoms with Crippen molar-refractivity contribution in [3.05, 3.63) is 66.3 Å². The molecule has 0 fully saturated rings. The van der Waals surface area contributed by atoms with Gasteiger partial charge in [-0.1, -0.05) is 6.07 Å². The number of hydrogen-bond acceptors (Lipinski definition) is 9. The molecule has 0 aliphatic carbocycles. The number of hydrogen-bond donors (Lipinski definition) is 5. The summed E-state index contributed by atoms with van der Waals surface area (Å²) in [6.07, 6.45) is 6.25. The highest BCUT2D eigenvalue weighted by Crippen LogP contribution is 2.18. The fourth-order valence-corrected chi connectivity index (χ4v) is 3.65. The van der Waals surface area contributed by atoms with Crippen LogP contribution in [0.2, 0.25) is 0 Å². The number of carbonyl (C=O) groups is 3. The molecule has 0 amide bonds. The lowest BCUT2D eigenvalue weighted by Crippen LogP contribution is -2.42. The van der Waals surface area contributed by atoms with Crippen LogP contribution in [0.3, 0.4) is 0 Å². The van der Waals surface area contributed by atoms with E-state index < -0.39 is 36.4 Å². The molecular weight excluding hydrogens is 498 g/mol. The number of aliphatic carboxylic acids is 3. The van der Waals surface area contributed by atoms with Gasteiger partial charge in [0.1, 0.15) is 17.3 Å². The van der Waals surface area contributed by atoms with Gasteiger partial charge in [0.15, 0.2) is 5.60 Å². The van der Waals surface area contributed by atoms with Crippen molar-refractivity contribution >= 4 is 23.7 Å². The van der Waals surface area contributed by atoms with Crippen LogP contribution in [0.25, 0.3) is 0 Å². The first-order valence-corrected chi connectivity index (χ1v) is 11.8. The lowest BCUT2D eigenvalue weighted by Gasteiger charge is -2.22. The van der Waals surface area contributed by atoms with Crippen LogP contribution in [0, 0.1) is 6.92 Å². The van der Waals surface area contributed by atoms with Gasteiger partial charge >= 0.3 is 17.9 Å². The fraction of sp³-hybridized carbons (Fsp3) is 0.400. The predicted octanol–water partition coefficient (Wildman–Crippen LogP) is 2.07. The Hall–Kier alpha value is -4.23. The van der Waals surface area contributed by atoms with E-state index in [-0.39, 0.29) is 0 Å². The number of anilines is 1. The number of aliphatic hydroxyl groups is 1. The Morgan fingerprint density at radius 3 is 2.32 bits per heavy atom. The van der Waals surface area contributed by atoms with Crippen molar-refractivity contribution in [2.24, 2.45) is 0 Å². The molecule has 3 aromatic rings. The highest BCUT2D eigenvalue weighted by molar-refractivity contribution is 5.88. The number of carboxylic acid groups (broad SMARTS) is 3. The smallest absolute Gasteiger partial charge is 0.336 e. The van der Waals surface area contributed by atoms with Crippen LogP contribution < -0.4 is 5.32 Å². The largest absolute Gasteiger partial charge is 0.481 e. The molecule has 3 rings (SSSR count). The lowest BCUT2D eigenvalue weighted by atomic mass is 9.96. The minimum absolute atomic E-state index is 0.788. The normalized spacial score (nSPS) is 11.1. The highest BCUT2D eigenvalue weighted by Gasteiger charge is 2.40. The molecule has 0 unspecified atom stereocenters. The Kier molecular flexibility index (Phi) is 11.4. The van der Waals surface area contributed by atoms with E-state index in [1.807, 2.05) is 51.0 Å². The van der Waals surface area contributed by atoms with Crippen molar-refractivity contribution in [3.63, 3.8) is 0 Å². The van der Waals surface area contributed by atoms with Crippen LogP contribution in [0.15, 0.2) is 53.6 Å². The van der Waals surface area contributed by atoms with Gasteiger partial charge in [-0.25, -0.2) is 14.8 Å². The van der Waals surface area contributed by atoms with Crippen molar-refractivity contribution in [1.82, 2.24) is 19.4 Å². The summed E-state index contributed by atoms with van der Waals surface area (Å²) in [7, 11) is 1.91. The number of furan rings is 1. The third-order valence-electron chi connectivity index (χ3n) is 5.43. The van der Waals surface area contributed by atoms with Gasteiger partial charge in [-0.05, 0) is 31.5 Å². The molecule has 0 radical (unpaired) electrons. The third-order valence-corrected chi connectivity index (χ3v) is 5.43. The molecule has 0 saturated heterocycles. The second-order valence-corrected chi connectivity index (χ2v) is 8.62. The second-order valence-electron chi connectivity index (χ2n) is 8.62. The number of nitrogens with one attached hydrogen (secondary N) is 1. The first kappa shape index (κ1) is 30.0. The van der Waals surface area contributed by atoms with Crippen LogP contribution in [0.4, 0.5) is 5.82 Å². The maximum Gasteiger partial charge on any atom is 0.336 e. The zero-order valence-corrected chi connectivity index (χ0v) is 21.3. The molecule has 13 heteroatoms. The van der Waals surface area contributed by atoms with E-state index in [4.69, 9.17) is 24.8 Å². The molecule has 5 N–H and O–H groups in total. The lowest BCUT2D eigenvalue weighted by molar-refractivity contribution is -0.170. The Morgan fingerprint density at radius 2 is 1.79 bits per heavy atom. The number of nitrogens with zero attached hydrogens (tertiary/aromatic N) is 4. The summed E-state index contributed by atoms with van der Waals surface area (Å²) < 4.78 is 7.88. The summed E-state index contributed by atoms with van der Waals surface area (Å²) in [5.41, 5.74) is -1.55. The fourth-order valence-electron chi connectivity index (χ4n) is 3.65. The zero-order chi connectivity index (χ0) is 28.1. The average molecular weight is 532 g/mol. The van der Waals surface area contributed by atoms with Crippen molar-refractivity contribution < 1.29 is 39.2 Å². The first-order valence-electron chi connectivity index (χ1n) is 11.8. The molecule has 0 bridgehead atoms. The number of aromatic nitrogens is 3. The van der Waals surface area contributed by atoms with Crippen molar-refractivity contribution in [2.75, 3.05) is 18.9 Å². The predicted molar refractivity (Wildman–Crippen MR) is 135 cm³/mol. The number of rotatable bonds is 14. The van der Waals surface area contributed by atoms with Crippen LogP contribution in [0.1, 0.15) is 36.3 Å². The minimum Gasteiger partial charge on any atom is -0.481 e. The molecule has 3 heterocycles. The van der Waals surface area contributed by atoms with Gasteiger partial charge in [0.05, 0.1) is 25.7 Å². The van der Waals surface area contributed by atoms with Crippen molar-refractivity contribution in [3.8, 4) is 0 Å². The molecule has 38 heavy (non-hydrogen) atoms. The van der Waals surface area contributed by atoms with E-state index in [0.29, 0.717) is 0 Å². The van der Waals surface area contributed by atoms with Gasteiger partial charge in [-0.2, -0.15) is 0 Å². The summed E-state index contributed by atoms with van der Waals surface area (Å²) >= 11 is 0. The van der Waals surface area contributed by atoms with E-state index in [9.17, 15) is 14.4 Å². The Bertz CT molecular complexity index is 1160.